The van der Waals surface area contributed by atoms with Crippen molar-refractivity contribution in [3.8, 4) is 0 Å². The number of hydrogen-bond donors (Lipinski definition) is 0. The Morgan fingerprint density at radius 1 is 1.11 bits per heavy atom. The number of piperidine rings is 1. The van der Waals surface area contributed by atoms with Gasteiger partial charge in [0, 0.05) is 19.0 Å². The molecule has 3 aliphatic heterocycles. The minimum atomic E-state index is -2.09. The first-order valence-corrected chi connectivity index (χ1v) is 16.2. The summed E-state index contributed by atoms with van der Waals surface area (Å²) in [7, 11) is -2.09. The normalized spacial score (nSPS) is 25.4. The molecule has 0 saturated carbocycles. The molecule has 1 unspecified atom stereocenters. The van der Waals surface area contributed by atoms with Gasteiger partial charge >= 0.3 is 12.1 Å². The molecule has 3 aliphatic rings. The Morgan fingerprint density at radius 2 is 1.68 bits per heavy atom. The number of amides is 2. The molecule has 0 aromatic carbocycles. The summed E-state index contributed by atoms with van der Waals surface area (Å²) >= 11 is 0. The number of nitrogens with zero attached hydrogens (tertiary/aromatic N) is 2. The van der Waals surface area contributed by atoms with E-state index in [-0.39, 0.29) is 60.2 Å². The first kappa shape index (κ1) is 29.2. The van der Waals surface area contributed by atoms with E-state index >= 15 is 0 Å². The molecule has 0 spiro atoms. The highest BCUT2D eigenvalue weighted by molar-refractivity contribution is 6.74. The third-order valence-electron chi connectivity index (χ3n) is 8.54. The van der Waals surface area contributed by atoms with E-state index in [1.54, 1.807) is 15.9 Å². The molecule has 37 heavy (non-hydrogen) atoms. The van der Waals surface area contributed by atoms with E-state index in [9.17, 15) is 14.4 Å². The van der Waals surface area contributed by atoms with E-state index in [1.807, 2.05) is 6.92 Å². The van der Waals surface area contributed by atoms with Gasteiger partial charge in [-0.3, -0.25) is 4.79 Å². The van der Waals surface area contributed by atoms with Gasteiger partial charge in [0.2, 0.25) is 5.91 Å². The van der Waals surface area contributed by atoms with Crippen molar-refractivity contribution in [1.82, 2.24) is 9.80 Å². The van der Waals surface area contributed by atoms with Gasteiger partial charge in [0.1, 0.15) is 18.9 Å². The second-order valence-electron chi connectivity index (χ2n) is 11.9. The molecule has 206 valence electrons. The van der Waals surface area contributed by atoms with E-state index in [1.165, 1.54) is 6.08 Å². The highest BCUT2D eigenvalue weighted by Crippen LogP contribution is 2.52. The van der Waals surface area contributed by atoms with Gasteiger partial charge in [0.15, 0.2) is 8.32 Å². The number of rotatable bonds is 9. The summed E-state index contributed by atoms with van der Waals surface area (Å²) in [6.07, 6.45) is 3.85. The molecule has 2 amide bonds. The maximum Gasteiger partial charge on any atom is 0.410 e. The standard InChI is InChI=1S/C28H44N2O6Si/c1-10-16-34-26(32)24-21(20-12-14-29(15-13-20)27(33)35-17-11-2)18(3)23-22(25(31)30(23)24)19(4)36-37(8,9)28(5,6)7/h10-11,18-20,22-23H,1-2,12-17H2,3-9H3/t18?,19-,22-,23-/m1/s1. The summed E-state index contributed by atoms with van der Waals surface area (Å²) in [5.41, 5.74) is 1.35. The number of carbonyl (C=O) groups is 3. The lowest BCUT2D eigenvalue weighted by Crippen LogP contribution is -2.65. The Morgan fingerprint density at radius 3 is 2.22 bits per heavy atom. The van der Waals surface area contributed by atoms with Crippen molar-refractivity contribution in [1.29, 1.82) is 0 Å². The summed E-state index contributed by atoms with van der Waals surface area (Å²) < 4.78 is 17.3. The molecule has 3 heterocycles. The van der Waals surface area contributed by atoms with E-state index in [2.05, 4.69) is 53.9 Å². The van der Waals surface area contributed by atoms with Crippen molar-refractivity contribution in [2.75, 3.05) is 26.3 Å². The van der Waals surface area contributed by atoms with Crippen LogP contribution in [0.25, 0.3) is 0 Å². The van der Waals surface area contributed by atoms with Crippen LogP contribution in [0.5, 0.6) is 0 Å². The average Bonchev–Trinajstić information content (AvgIpc) is 3.08. The van der Waals surface area contributed by atoms with Crippen molar-refractivity contribution in [2.24, 2.45) is 17.8 Å². The van der Waals surface area contributed by atoms with Gasteiger partial charge in [-0.25, -0.2) is 9.59 Å². The Kier molecular flexibility index (Phi) is 8.79. The summed E-state index contributed by atoms with van der Waals surface area (Å²) in [6, 6.07) is -0.135. The van der Waals surface area contributed by atoms with Gasteiger partial charge in [0.25, 0.3) is 0 Å². The molecular formula is C28H44N2O6Si. The van der Waals surface area contributed by atoms with Crippen molar-refractivity contribution in [3.63, 3.8) is 0 Å². The van der Waals surface area contributed by atoms with Crippen LogP contribution in [0.4, 0.5) is 4.79 Å². The predicted molar refractivity (Wildman–Crippen MR) is 145 cm³/mol. The Labute approximate surface area is 222 Å². The van der Waals surface area contributed by atoms with Crippen LogP contribution >= 0.6 is 0 Å². The number of hydrogen-bond acceptors (Lipinski definition) is 6. The number of esters is 1. The van der Waals surface area contributed by atoms with Gasteiger partial charge in [-0.05, 0) is 49.4 Å². The molecule has 0 N–H and O–H groups in total. The van der Waals surface area contributed by atoms with Gasteiger partial charge < -0.3 is 23.7 Å². The fourth-order valence-electron chi connectivity index (χ4n) is 5.64. The van der Waals surface area contributed by atoms with Crippen molar-refractivity contribution < 1.29 is 28.3 Å². The van der Waals surface area contributed by atoms with E-state index in [0.29, 0.717) is 31.6 Å². The quantitative estimate of drug-likeness (QED) is 0.182. The number of β-lactam (4-membered cyclic amide) rings is 1. The zero-order valence-corrected chi connectivity index (χ0v) is 24.5. The maximum atomic E-state index is 13.5. The molecular weight excluding hydrogens is 488 g/mol. The van der Waals surface area contributed by atoms with Gasteiger partial charge in [0.05, 0.1) is 18.1 Å². The van der Waals surface area contributed by atoms with Crippen LogP contribution in [-0.2, 0) is 23.5 Å². The van der Waals surface area contributed by atoms with Crippen molar-refractivity contribution >= 4 is 26.3 Å². The first-order valence-electron chi connectivity index (χ1n) is 13.3. The fraction of sp³-hybridized carbons (Fsp3) is 0.679. The number of likely N-dealkylation sites (tertiary alicyclic amines) is 1. The second-order valence-corrected chi connectivity index (χ2v) is 16.7. The molecule has 3 rings (SSSR count). The van der Waals surface area contributed by atoms with Gasteiger partial charge in [-0.1, -0.05) is 53.0 Å². The van der Waals surface area contributed by atoms with Crippen molar-refractivity contribution in [3.05, 3.63) is 36.6 Å². The lowest BCUT2D eigenvalue weighted by atomic mass is 9.74. The van der Waals surface area contributed by atoms with E-state index in [4.69, 9.17) is 13.9 Å². The topological polar surface area (TPSA) is 85.4 Å². The largest absolute Gasteiger partial charge is 0.457 e. The van der Waals surface area contributed by atoms with Crippen LogP contribution in [0.3, 0.4) is 0 Å². The van der Waals surface area contributed by atoms with Crippen molar-refractivity contribution in [2.45, 2.75) is 77.7 Å². The summed E-state index contributed by atoms with van der Waals surface area (Å²) in [4.78, 5) is 42.4. The zero-order chi connectivity index (χ0) is 27.7. The Hall–Kier alpha value is -2.39. The molecule has 2 saturated heterocycles. The number of ether oxygens (including phenoxy) is 2. The second kappa shape index (κ2) is 11.2. The van der Waals surface area contributed by atoms with Crippen LogP contribution in [0.15, 0.2) is 36.6 Å². The molecule has 0 radical (unpaired) electrons. The molecule has 0 aliphatic carbocycles. The van der Waals surface area contributed by atoms with Crippen LogP contribution in [0.2, 0.25) is 18.1 Å². The number of fused-ring (bicyclic) bond motifs is 1. The smallest absolute Gasteiger partial charge is 0.410 e. The summed E-state index contributed by atoms with van der Waals surface area (Å²) in [5.74, 6) is -0.808. The van der Waals surface area contributed by atoms with Crippen LogP contribution in [0.1, 0.15) is 47.5 Å². The summed E-state index contributed by atoms with van der Waals surface area (Å²) in [6.45, 7) is 23.6. The molecule has 0 bridgehead atoms. The first-order chi connectivity index (χ1) is 17.3. The zero-order valence-electron chi connectivity index (χ0n) is 23.5. The predicted octanol–water partition coefficient (Wildman–Crippen LogP) is 4.89. The third-order valence-corrected chi connectivity index (χ3v) is 13.1. The highest BCUT2D eigenvalue weighted by atomic mass is 28.4. The summed E-state index contributed by atoms with van der Waals surface area (Å²) in [5, 5.41) is 0.0267. The maximum absolute atomic E-state index is 13.5. The minimum absolute atomic E-state index is 0.0104. The Balaban J connectivity index is 1.83. The van der Waals surface area contributed by atoms with Crippen LogP contribution < -0.4 is 0 Å². The van der Waals surface area contributed by atoms with Gasteiger partial charge in [-0.2, -0.15) is 0 Å². The number of carbonyl (C=O) groups excluding carboxylic acids is 3. The van der Waals surface area contributed by atoms with Gasteiger partial charge in [-0.15, -0.1) is 0 Å². The average molecular weight is 533 g/mol. The van der Waals surface area contributed by atoms with E-state index in [0.717, 1.165) is 5.57 Å². The fourth-order valence-corrected chi connectivity index (χ4v) is 7.07. The molecule has 9 heteroatoms. The molecule has 4 atom stereocenters. The molecule has 0 aromatic rings. The van der Waals surface area contributed by atoms with Crippen LogP contribution in [-0.4, -0.2) is 74.5 Å². The molecule has 8 nitrogen and oxygen atoms in total. The monoisotopic (exact) mass is 532 g/mol. The third kappa shape index (κ3) is 5.57. The van der Waals surface area contributed by atoms with E-state index < -0.39 is 14.3 Å². The lowest BCUT2D eigenvalue weighted by molar-refractivity contribution is -0.163. The van der Waals surface area contributed by atoms with Crippen LogP contribution in [0, 0.1) is 17.8 Å². The lowest BCUT2D eigenvalue weighted by Gasteiger charge is -2.50. The highest BCUT2D eigenvalue weighted by Gasteiger charge is 2.61. The molecule has 0 aromatic heterocycles. The Bertz CT molecular complexity index is 960. The molecule has 2 fully saturated rings. The SMILES string of the molecule is C=CCOC(=O)C1=C(C2CCN(C(=O)OCC=C)CC2)C(C)[C@@H]2[C@@H]([C@@H](C)O[Si](C)(C)C(C)(C)C)C(=O)N12. The minimum Gasteiger partial charge on any atom is -0.457 e.